The van der Waals surface area contributed by atoms with Crippen LogP contribution in [0.15, 0.2) is 35.8 Å². The Morgan fingerprint density at radius 1 is 1.30 bits per heavy atom. The van der Waals surface area contributed by atoms with Crippen LogP contribution in [0.1, 0.15) is 47.5 Å². The number of amides is 1. The number of thiophene rings is 1. The van der Waals surface area contributed by atoms with Crippen LogP contribution in [0.25, 0.3) is 5.65 Å². The van der Waals surface area contributed by atoms with Crippen molar-refractivity contribution in [2.75, 3.05) is 19.7 Å². The first kappa shape index (κ1) is 16.9. The molecule has 1 saturated heterocycles. The molecule has 3 aromatic rings. The molecule has 1 fully saturated rings. The molecule has 0 aliphatic carbocycles. The van der Waals surface area contributed by atoms with Crippen LogP contribution >= 0.6 is 11.3 Å². The first-order valence-electron chi connectivity index (χ1n) is 9.55. The zero-order chi connectivity index (χ0) is 18.2. The van der Waals surface area contributed by atoms with Crippen LogP contribution < -0.4 is 0 Å². The molecule has 0 unspecified atom stereocenters. The van der Waals surface area contributed by atoms with Gasteiger partial charge in [-0.25, -0.2) is 0 Å². The predicted molar refractivity (Wildman–Crippen MR) is 103 cm³/mol. The zero-order valence-electron chi connectivity index (χ0n) is 15.1. The predicted octanol–water partition coefficient (Wildman–Crippen LogP) is 3.20. The smallest absolute Gasteiger partial charge is 0.225 e. The Morgan fingerprint density at radius 3 is 3.22 bits per heavy atom. The summed E-state index contributed by atoms with van der Waals surface area (Å²) in [5.41, 5.74) is 2.20. The Kier molecular flexibility index (Phi) is 4.41. The topological polar surface area (TPSA) is 59.7 Å². The number of nitrogens with zero attached hydrogens (tertiary/aromatic N) is 4. The molecule has 5 rings (SSSR count). The van der Waals surface area contributed by atoms with Gasteiger partial charge in [-0.05, 0) is 48.4 Å². The largest absolute Gasteiger partial charge is 0.372 e. The SMILES string of the molecule is O=C(C[C@@H]1OCCc2ccsc21)N1CCC[C@H](c2nnc3ccccn23)C1. The number of hydrogen-bond acceptors (Lipinski definition) is 5. The molecule has 0 radical (unpaired) electrons. The van der Waals surface area contributed by atoms with Crippen molar-refractivity contribution in [2.45, 2.75) is 37.7 Å². The van der Waals surface area contributed by atoms with Gasteiger partial charge in [0.15, 0.2) is 5.65 Å². The van der Waals surface area contributed by atoms with Crippen LogP contribution in [-0.2, 0) is 16.0 Å². The third kappa shape index (κ3) is 3.15. The average molecular weight is 382 g/mol. The molecule has 27 heavy (non-hydrogen) atoms. The van der Waals surface area contributed by atoms with Gasteiger partial charge < -0.3 is 9.64 Å². The number of aromatic nitrogens is 3. The molecule has 6 nitrogen and oxygen atoms in total. The van der Waals surface area contributed by atoms with Gasteiger partial charge in [-0.15, -0.1) is 21.5 Å². The Hall–Kier alpha value is -2.25. The third-order valence-corrected chi connectivity index (χ3v) is 6.65. The van der Waals surface area contributed by atoms with Crippen LogP contribution in [0.4, 0.5) is 0 Å². The fourth-order valence-electron chi connectivity index (χ4n) is 4.22. The number of carbonyl (C=O) groups is 1. The molecule has 1 amide bonds. The Balaban J connectivity index is 1.31. The van der Waals surface area contributed by atoms with E-state index in [1.54, 1.807) is 11.3 Å². The van der Waals surface area contributed by atoms with Crippen LogP contribution in [-0.4, -0.2) is 45.1 Å². The molecule has 0 bridgehead atoms. The van der Waals surface area contributed by atoms with Crippen molar-refractivity contribution >= 4 is 22.9 Å². The van der Waals surface area contributed by atoms with Gasteiger partial charge in [0.1, 0.15) is 11.9 Å². The molecule has 2 aliphatic rings. The summed E-state index contributed by atoms with van der Waals surface area (Å²) in [6.45, 7) is 2.23. The summed E-state index contributed by atoms with van der Waals surface area (Å²) >= 11 is 1.70. The maximum Gasteiger partial charge on any atom is 0.225 e. The number of rotatable bonds is 3. The number of likely N-dealkylation sites (tertiary alicyclic amines) is 1. The minimum absolute atomic E-state index is 0.0875. The highest BCUT2D eigenvalue weighted by Gasteiger charge is 2.31. The monoisotopic (exact) mass is 382 g/mol. The van der Waals surface area contributed by atoms with E-state index in [9.17, 15) is 4.79 Å². The van der Waals surface area contributed by atoms with Crippen molar-refractivity contribution in [2.24, 2.45) is 0 Å². The lowest BCUT2D eigenvalue weighted by Crippen LogP contribution is -2.40. The van der Waals surface area contributed by atoms with Crippen LogP contribution in [0.3, 0.4) is 0 Å². The normalized spacial score (nSPS) is 22.7. The van der Waals surface area contributed by atoms with Gasteiger partial charge in [0.05, 0.1) is 13.0 Å². The second-order valence-electron chi connectivity index (χ2n) is 7.29. The highest BCUT2D eigenvalue weighted by atomic mass is 32.1. The van der Waals surface area contributed by atoms with Gasteiger partial charge in [0.2, 0.25) is 5.91 Å². The zero-order valence-corrected chi connectivity index (χ0v) is 15.9. The van der Waals surface area contributed by atoms with Crippen LogP contribution in [0.5, 0.6) is 0 Å². The Morgan fingerprint density at radius 2 is 2.26 bits per heavy atom. The maximum absolute atomic E-state index is 13.0. The van der Waals surface area contributed by atoms with E-state index in [-0.39, 0.29) is 17.9 Å². The van der Waals surface area contributed by atoms with E-state index < -0.39 is 0 Å². The van der Waals surface area contributed by atoms with Crippen molar-refractivity contribution in [1.29, 1.82) is 0 Å². The molecular weight excluding hydrogens is 360 g/mol. The lowest BCUT2D eigenvalue weighted by Gasteiger charge is -2.33. The summed E-state index contributed by atoms with van der Waals surface area (Å²) in [5, 5.41) is 10.8. The summed E-state index contributed by atoms with van der Waals surface area (Å²) in [6, 6.07) is 8.08. The lowest BCUT2D eigenvalue weighted by molar-refractivity contribution is -0.135. The van der Waals surface area contributed by atoms with Crippen LogP contribution in [0, 0.1) is 0 Å². The van der Waals surface area contributed by atoms with Crippen LogP contribution in [0.2, 0.25) is 0 Å². The van der Waals surface area contributed by atoms with E-state index >= 15 is 0 Å². The van der Waals surface area contributed by atoms with Gasteiger partial charge in [0, 0.05) is 30.1 Å². The van der Waals surface area contributed by atoms with Crippen molar-refractivity contribution < 1.29 is 9.53 Å². The summed E-state index contributed by atoms with van der Waals surface area (Å²) in [5.74, 6) is 1.36. The van der Waals surface area contributed by atoms with E-state index in [1.165, 1.54) is 10.4 Å². The molecule has 0 saturated carbocycles. The first-order chi connectivity index (χ1) is 13.3. The summed E-state index contributed by atoms with van der Waals surface area (Å²) in [4.78, 5) is 16.2. The van der Waals surface area contributed by atoms with Crippen molar-refractivity contribution in [1.82, 2.24) is 19.5 Å². The van der Waals surface area contributed by atoms with Crippen molar-refractivity contribution in [3.63, 3.8) is 0 Å². The van der Waals surface area contributed by atoms with Crippen molar-refractivity contribution in [3.05, 3.63) is 52.1 Å². The second kappa shape index (κ2) is 7.05. The molecule has 2 atom stereocenters. The molecule has 0 spiro atoms. The Bertz CT molecular complexity index is 966. The third-order valence-electron chi connectivity index (χ3n) is 5.60. The summed E-state index contributed by atoms with van der Waals surface area (Å²) in [7, 11) is 0. The van der Waals surface area contributed by atoms with Crippen molar-refractivity contribution in [3.8, 4) is 0 Å². The second-order valence-corrected chi connectivity index (χ2v) is 8.24. The molecule has 7 heteroatoms. The first-order valence-corrected chi connectivity index (χ1v) is 10.4. The highest BCUT2D eigenvalue weighted by Crippen LogP contribution is 2.35. The van der Waals surface area contributed by atoms with Gasteiger partial charge in [-0.1, -0.05) is 6.07 Å². The number of pyridine rings is 1. The number of fused-ring (bicyclic) bond motifs is 2. The maximum atomic E-state index is 13.0. The van der Waals surface area contributed by atoms with Gasteiger partial charge in [-0.2, -0.15) is 0 Å². The van der Waals surface area contributed by atoms with E-state index in [2.05, 4.69) is 21.6 Å². The fraction of sp³-hybridized carbons (Fsp3) is 0.450. The molecule has 5 heterocycles. The van der Waals surface area contributed by atoms with Gasteiger partial charge in [0.25, 0.3) is 0 Å². The number of ether oxygens (including phenoxy) is 1. The number of piperidine rings is 1. The minimum Gasteiger partial charge on any atom is -0.372 e. The standard InChI is InChI=1S/C20H22N4O2S/c25-18(12-16-19-14(6-10-26-16)7-11-27-19)23-8-3-4-15(13-23)20-22-21-17-5-1-2-9-24(17)20/h1-2,5,7,9,11,15-16H,3-4,6,8,10,12-13H2/t15-,16-/m0/s1. The minimum atomic E-state index is -0.0875. The summed E-state index contributed by atoms with van der Waals surface area (Å²) in [6.07, 6.45) is 5.33. The average Bonchev–Trinajstić information content (AvgIpc) is 3.35. The quantitative estimate of drug-likeness (QED) is 0.698. The molecule has 0 aromatic carbocycles. The van der Waals surface area contributed by atoms with Gasteiger partial charge in [-0.3, -0.25) is 9.20 Å². The molecular formula is C20H22N4O2S. The molecule has 3 aromatic heterocycles. The molecule has 2 aliphatic heterocycles. The lowest BCUT2D eigenvalue weighted by atomic mass is 9.96. The summed E-state index contributed by atoms with van der Waals surface area (Å²) < 4.78 is 7.96. The Labute approximate surface area is 161 Å². The van der Waals surface area contributed by atoms with E-state index in [4.69, 9.17) is 4.74 Å². The molecule has 0 N–H and O–H groups in total. The fourth-order valence-corrected chi connectivity index (χ4v) is 5.22. The van der Waals surface area contributed by atoms with Gasteiger partial charge >= 0.3 is 0 Å². The number of carbonyl (C=O) groups excluding carboxylic acids is 1. The van der Waals surface area contributed by atoms with E-state index in [0.29, 0.717) is 19.6 Å². The highest BCUT2D eigenvalue weighted by molar-refractivity contribution is 7.10. The van der Waals surface area contributed by atoms with E-state index in [1.807, 2.05) is 33.7 Å². The number of hydrogen-bond donors (Lipinski definition) is 0. The molecule has 140 valence electrons. The van der Waals surface area contributed by atoms with E-state index in [0.717, 1.165) is 37.3 Å².